The fourth-order valence-corrected chi connectivity index (χ4v) is 3.02. The second-order valence-electron chi connectivity index (χ2n) is 5.39. The van der Waals surface area contributed by atoms with E-state index in [9.17, 15) is 9.90 Å². The highest BCUT2D eigenvalue weighted by Gasteiger charge is 2.12. The van der Waals surface area contributed by atoms with Gasteiger partial charge in [0.25, 0.3) is 0 Å². The van der Waals surface area contributed by atoms with Gasteiger partial charge < -0.3 is 9.52 Å². The van der Waals surface area contributed by atoms with Gasteiger partial charge in [-0.1, -0.05) is 28.1 Å². The lowest BCUT2D eigenvalue weighted by atomic mass is 10.1. The number of fused-ring (bicyclic) bond motifs is 1. The molecule has 2 aromatic carbocycles. The Morgan fingerprint density at radius 3 is 2.84 bits per heavy atom. The molecule has 4 aromatic rings. The number of aromatic nitrogens is 4. The lowest BCUT2D eigenvalue weighted by Gasteiger charge is -2.04. The first-order valence-corrected chi connectivity index (χ1v) is 8.18. The zero-order valence-corrected chi connectivity index (χ0v) is 14.3. The van der Waals surface area contributed by atoms with Crippen molar-refractivity contribution in [1.29, 1.82) is 0 Å². The highest BCUT2D eigenvalue weighted by Crippen LogP contribution is 2.25. The van der Waals surface area contributed by atoms with E-state index in [1.54, 1.807) is 6.07 Å². The second kappa shape index (κ2) is 6.14. The smallest absolute Gasteiger partial charge is 0.336 e. The summed E-state index contributed by atoms with van der Waals surface area (Å²) in [5, 5.41) is 22.8. The summed E-state index contributed by atoms with van der Waals surface area (Å²) in [6.45, 7) is 0.254. The van der Waals surface area contributed by atoms with Crippen molar-refractivity contribution in [3.05, 3.63) is 69.0 Å². The average molecular weight is 399 g/mol. The summed E-state index contributed by atoms with van der Waals surface area (Å²) in [6.07, 6.45) is 0. The van der Waals surface area contributed by atoms with Gasteiger partial charge in [-0.15, -0.1) is 10.2 Å². The molecule has 2 aromatic heterocycles. The normalized spacial score (nSPS) is 11.1. The summed E-state index contributed by atoms with van der Waals surface area (Å²) >= 11 is 3.46. The molecule has 0 saturated carbocycles. The number of phenols is 1. The van der Waals surface area contributed by atoms with Crippen LogP contribution >= 0.6 is 15.9 Å². The first kappa shape index (κ1) is 15.5. The summed E-state index contributed by atoms with van der Waals surface area (Å²) < 4.78 is 5.99. The molecule has 0 bridgehead atoms. The number of tetrazole rings is 1. The van der Waals surface area contributed by atoms with Crippen molar-refractivity contribution < 1.29 is 9.52 Å². The highest BCUT2D eigenvalue weighted by molar-refractivity contribution is 9.10. The molecule has 0 atom stereocenters. The van der Waals surface area contributed by atoms with Crippen molar-refractivity contribution in [3.63, 3.8) is 0 Å². The summed E-state index contributed by atoms with van der Waals surface area (Å²) in [7, 11) is 0. The molecule has 8 heteroatoms. The first-order valence-electron chi connectivity index (χ1n) is 7.38. The van der Waals surface area contributed by atoms with Crippen LogP contribution in [0.1, 0.15) is 5.56 Å². The SMILES string of the molecule is O=c1cc(Cn2nnc(-c3ccccc3Br)n2)c2ccc(O)cc2o1. The molecule has 4 rings (SSSR count). The quantitative estimate of drug-likeness (QED) is 0.533. The maximum absolute atomic E-state index is 11.8. The molecule has 7 nitrogen and oxygen atoms in total. The molecule has 0 unspecified atom stereocenters. The third-order valence-electron chi connectivity index (χ3n) is 3.69. The van der Waals surface area contributed by atoms with Gasteiger partial charge in [0.15, 0.2) is 0 Å². The Labute approximate surface area is 149 Å². The molecule has 0 radical (unpaired) electrons. The minimum absolute atomic E-state index is 0.0305. The van der Waals surface area contributed by atoms with Gasteiger partial charge in [0.05, 0.1) is 6.54 Å². The first-order chi connectivity index (χ1) is 12.1. The predicted molar refractivity (Wildman–Crippen MR) is 94.2 cm³/mol. The standard InChI is InChI=1S/C17H11BrN4O3/c18-14-4-2-1-3-13(14)17-19-21-22(20-17)9-10-7-16(24)25-15-8-11(23)5-6-12(10)15/h1-8,23H,9H2. The van der Waals surface area contributed by atoms with E-state index in [1.807, 2.05) is 24.3 Å². The van der Waals surface area contributed by atoms with E-state index in [-0.39, 0.29) is 12.3 Å². The molecule has 0 aliphatic heterocycles. The zero-order valence-electron chi connectivity index (χ0n) is 12.8. The van der Waals surface area contributed by atoms with Crippen molar-refractivity contribution in [3.8, 4) is 17.1 Å². The third kappa shape index (κ3) is 3.03. The summed E-state index contributed by atoms with van der Waals surface area (Å²) in [4.78, 5) is 13.2. The minimum atomic E-state index is -0.501. The Kier molecular flexibility index (Phi) is 3.81. The molecule has 0 aliphatic rings. The number of nitrogens with zero attached hydrogens (tertiary/aromatic N) is 4. The lowest BCUT2D eigenvalue weighted by molar-refractivity contribution is 0.473. The molecule has 0 aliphatic carbocycles. The third-order valence-corrected chi connectivity index (χ3v) is 4.38. The molecule has 0 spiro atoms. The topological polar surface area (TPSA) is 94.0 Å². The van der Waals surface area contributed by atoms with Crippen LogP contribution in [-0.2, 0) is 6.54 Å². The van der Waals surface area contributed by atoms with Crippen LogP contribution in [0.15, 0.2) is 62.2 Å². The van der Waals surface area contributed by atoms with Crippen LogP contribution in [0.4, 0.5) is 0 Å². The maximum atomic E-state index is 11.8. The van der Waals surface area contributed by atoms with E-state index in [0.717, 1.165) is 10.0 Å². The van der Waals surface area contributed by atoms with Crippen molar-refractivity contribution in [2.75, 3.05) is 0 Å². The minimum Gasteiger partial charge on any atom is -0.508 e. The van der Waals surface area contributed by atoms with E-state index in [0.29, 0.717) is 22.4 Å². The van der Waals surface area contributed by atoms with Crippen LogP contribution in [0, 0.1) is 0 Å². The second-order valence-corrected chi connectivity index (χ2v) is 6.25. The molecule has 1 N–H and O–H groups in total. The number of benzene rings is 2. The van der Waals surface area contributed by atoms with Gasteiger partial charge in [-0.2, -0.15) is 4.80 Å². The Morgan fingerprint density at radius 2 is 2.00 bits per heavy atom. The fraction of sp³-hybridized carbons (Fsp3) is 0.0588. The van der Waals surface area contributed by atoms with Crippen LogP contribution in [-0.4, -0.2) is 25.3 Å². The number of hydrogen-bond acceptors (Lipinski definition) is 6. The molecule has 25 heavy (non-hydrogen) atoms. The van der Waals surface area contributed by atoms with Gasteiger partial charge in [0, 0.05) is 27.6 Å². The maximum Gasteiger partial charge on any atom is 0.336 e. The van der Waals surface area contributed by atoms with Crippen LogP contribution in [0.3, 0.4) is 0 Å². The summed E-state index contributed by atoms with van der Waals surface area (Å²) in [5.41, 5.74) is 1.33. The molecule has 2 heterocycles. The van der Waals surface area contributed by atoms with E-state index < -0.39 is 5.63 Å². The molecular weight excluding hydrogens is 388 g/mol. The largest absolute Gasteiger partial charge is 0.508 e. The molecular formula is C17H11BrN4O3. The van der Waals surface area contributed by atoms with Crippen molar-refractivity contribution in [2.24, 2.45) is 0 Å². The lowest BCUT2D eigenvalue weighted by Crippen LogP contribution is -2.08. The number of hydrogen-bond donors (Lipinski definition) is 1. The van der Waals surface area contributed by atoms with Gasteiger partial charge in [0.1, 0.15) is 11.3 Å². The van der Waals surface area contributed by atoms with Crippen LogP contribution in [0.2, 0.25) is 0 Å². The Morgan fingerprint density at radius 1 is 1.16 bits per heavy atom. The Bertz CT molecular complexity index is 1140. The molecule has 0 fully saturated rings. The number of rotatable bonds is 3. The van der Waals surface area contributed by atoms with E-state index >= 15 is 0 Å². The number of phenolic OH excluding ortho intramolecular Hbond substituents is 1. The Balaban J connectivity index is 1.73. The fourth-order valence-electron chi connectivity index (χ4n) is 2.56. The van der Waals surface area contributed by atoms with E-state index in [1.165, 1.54) is 23.0 Å². The predicted octanol–water partition coefficient (Wildman–Crippen LogP) is 2.96. The molecule has 124 valence electrons. The van der Waals surface area contributed by atoms with Crippen LogP contribution in [0.5, 0.6) is 5.75 Å². The summed E-state index contributed by atoms with van der Waals surface area (Å²) in [5.74, 6) is 0.514. The van der Waals surface area contributed by atoms with Crippen LogP contribution in [0.25, 0.3) is 22.4 Å². The molecule has 0 saturated heterocycles. The number of halogens is 1. The molecule has 0 amide bonds. The number of aromatic hydroxyl groups is 1. The van der Waals surface area contributed by atoms with Crippen LogP contribution < -0.4 is 5.63 Å². The van der Waals surface area contributed by atoms with Gasteiger partial charge in [-0.05, 0) is 35.0 Å². The van der Waals surface area contributed by atoms with Crippen molar-refractivity contribution in [1.82, 2.24) is 20.2 Å². The van der Waals surface area contributed by atoms with Crippen molar-refractivity contribution in [2.45, 2.75) is 6.54 Å². The Hall–Kier alpha value is -3.00. The van der Waals surface area contributed by atoms with Gasteiger partial charge >= 0.3 is 5.63 Å². The highest BCUT2D eigenvalue weighted by atomic mass is 79.9. The van der Waals surface area contributed by atoms with E-state index in [4.69, 9.17) is 4.42 Å². The van der Waals surface area contributed by atoms with Gasteiger partial charge in [-0.3, -0.25) is 0 Å². The van der Waals surface area contributed by atoms with Gasteiger partial charge in [0.2, 0.25) is 5.82 Å². The zero-order chi connectivity index (χ0) is 17.4. The monoisotopic (exact) mass is 398 g/mol. The van der Waals surface area contributed by atoms with Gasteiger partial charge in [-0.25, -0.2) is 4.79 Å². The summed E-state index contributed by atoms with van der Waals surface area (Å²) in [6, 6.07) is 13.6. The van der Waals surface area contributed by atoms with Crippen molar-refractivity contribution >= 4 is 26.9 Å². The average Bonchev–Trinajstić information content (AvgIpc) is 3.03. The van der Waals surface area contributed by atoms with E-state index in [2.05, 4.69) is 31.3 Å².